The van der Waals surface area contributed by atoms with Crippen LogP contribution in [0.3, 0.4) is 0 Å². The van der Waals surface area contributed by atoms with Crippen LogP contribution in [-0.2, 0) is 6.42 Å². The zero-order valence-corrected chi connectivity index (χ0v) is 31.6. The highest BCUT2D eigenvalue weighted by Gasteiger charge is 2.20. The van der Waals surface area contributed by atoms with Gasteiger partial charge in [0.1, 0.15) is 11.2 Å². The summed E-state index contributed by atoms with van der Waals surface area (Å²) in [5, 5.41) is 4.75. The molecule has 0 radical (unpaired) electrons. The average molecular weight is 741 g/mol. The number of fused-ring (bicyclic) bond motifs is 9. The molecule has 1 aliphatic carbocycles. The van der Waals surface area contributed by atoms with E-state index in [0.717, 1.165) is 56.7 Å². The number of furan rings is 1. The summed E-state index contributed by atoms with van der Waals surface area (Å²) in [5.41, 5.74) is 18.8. The Balaban J connectivity index is 0.947. The summed E-state index contributed by atoms with van der Waals surface area (Å²) >= 11 is 0. The van der Waals surface area contributed by atoms with Gasteiger partial charge in [-0.25, -0.2) is 0 Å². The van der Waals surface area contributed by atoms with Gasteiger partial charge in [0.05, 0.1) is 11.0 Å². The van der Waals surface area contributed by atoms with Gasteiger partial charge in [0, 0.05) is 50.4 Å². The van der Waals surface area contributed by atoms with Crippen molar-refractivity contribution in [3.8, 4) is 39.1 Å². The number of hydrogen-bond acceptors (Lipinski definition) is 2. The lowest BCUT2D eigenvalue weighted by molar-refractivity contribution is 0.669. The zero-order chi connectivity index (χ0) is 38.2. The van der Waals surface area contributed by atoms with Gasteiger partial charge in [0.25, 0.3) is 0 Å². The molecule has 0 aliphatic heterocycles. The van der Waals surface area contributed by atoms with Crippen LogP contribution < -0.4 is 4.90 Å². The smallest absolute Gasteiger partial charge is 0.137 e. The molecular weight excluding hydrogens is 705 g/mol. The first kappa shape index (κ1) is 32.6. The number of para-hydroxylation sites is 3. The number of hydrogen-bond donors (Lipinski definition) is 0. The molecule has 3 nitrogen and oxygen atoms in total. The molecule has 58 heavy (non-hydrogen) atoms. The third kappa shape index (κ3) is 5.21. The predicted molar refractivity (Wildman–Crippen MR) is 242 cm³/mol. The third-order valence-electron chi connectivity index (χ3n) is 12.0. The fraction of sp³-hybridized carbons (Fsp3) is 0.0182. The van der Waals surface area contributed by atoms with E-state index in [1.54, 1.807) is 0 Å². The molecule has 2 heterocycles. The molecule has 0 saturated carbocycles. The van der Waals surface area contributed by atoms with Crippen molar-refractivity contribution < 1.29 is 4.42 Å². The van der Waals surface area contributed by atoms with Crippen LogP contribution in [0.25, 0.3) is 82.8 Å². The maximum atomic E-state index is 6.40. The number of aromatic nitrogens is 1. The van der Waals surface area contributed by atoms with E-state index >= 15 is 0 Å². The van der Waals surface area contributed by atoms with Crippen molar-refractivity contribution in [2.75, 3.05) is 4.90 Å². The Bertz CT molecular complexity index is 3350. The van der Waals surface area contributed by atoms with Gasteiger partial charge in [-0.15, -0.1) is 0 Å². The van der Waals surface area contributed by atoms with E-state index in [0.29, 0.717) is 0 Å². The van der Waals surface area contributed by atoms with E-state index in [1.807, 2.05) is 12.1 Å². The number of anilines is 3. The molecule has 2 aromatic heterocycles. The third-order valence-corrected chi connectivity index (χ3v) is 12.0. The highest BCUT2D eigenvalue weighted by atomic mass is 16.3. The maximum Gasteiger partial charge on any atom is 0.137 e. The van der Waals surface area contributed by atoms with Gasteiger partial charge in [-0.3, -0.25) is 0 Å². The molecule has 11 aromatic rings. The van der Waals surface area contributed by atoms with Crippen molar-refractivity contribution in [3.05, 3.63) is 217 Å². The van der Waals surface area contributed by atoms with Crippen LogP contribution in [0.15, 0.2) is 211 Å². The lowest BCUT2D eigenvalue weighted by Gasteiger charge is -2.26. The molecule has 0 saturated heterocycles. The molecular formula is C55H36N2O. The molecule has 0 fully saturated rings. The molecule has 0 amide bonds. The summed E-state index contributed by atoms with van der Waals surface area (Å²) in [6.07, 6.45) is 1.00. The Labute approximate surface area is 336 Å². The highest BCUT2D eigenvalue weighted by Crippen LogP contribution is 2.42. The van der Waals surface area contributed by atoms with E-state index in [2.05, 4.69) is 204 Å². The largest absolute Gasteiger partial charge is 0.456 e. The summed E-state index contributed by atoms with van der Waals surface area (Å²) in [5.74, 6) is 0. The fourth-order valence-electron chi connectivity index (χ4n) is 9.22. The number of nitrogens with zero attached hydrogens (tertiary/aromatic N) is 2. The minimum Gasteiger partial charge on any atom is -0.456 e. The highest BCUT2D eigenvalue weighted by molar-refractivity contribution is 6.10. The summed E-state index contributed by atoms with van der Waals surface area (Å²) in [6, 6.07) is 74.7. The van der Waals surface area contributed by atoms with Crippen LogP contribution in [0.4, 0.5) is 17.1 Å². The van der Waals surface area contributed by atoms with E-state index in [-0.39, 0.29) is 0 Å². The maximum absolute atomic E-state index is 6.40. The lowest BCUT2D eigenvalue weighted by Crippen LogP contribution is -2.09. The molecule has 9 aromatic carbocycles. The van der Waals surface area contributed by atoms with Crippen molar-refractivity contribution >= 4 is 60.8 Å². The van der Waals surface area contributed by atoms with Gasteiger partial charge in [-0.05, 0) is 124 Å². The van der Waals surface area contributed by atoms with E-state index < -0.39 is 0 Å². The van der Waals surface area contributed by atoms with Crippen molar-refractivity contribution in [2.24, 2.45) is 0 Å². The second-order valence-corrected chi connectivity index (χ2v) is 15.3. The topological polar surface area (TPSA) is 21.3 Å². The first-order valence-electron chi connectivity index (χ1n) is 20.0. The normalized spacial score (nSPS) is 12.1. The average Bonchev–Trinajstić information content (AvgIpc) is 3.96. The first-order valence-corrected chi connectivity index (χ1v) is 20.0. The Morgan fingerprint density at radius 3 is 1.74 bits per heavy atom. The van der Waals surface area contributed by atoms with Crippen LogP contribution in [-0.4, -0.2) is 4.57 Å². The molecule has 3 heteroatoms. The van der Waals surface area contributed by atoms with Crippen molar-refractivity contribution in [1.29, 1.82) is 0 Å². The van der Waals surface area contributed by atoms with Gasteiger partial charge < -0.3 is 13.9 Å². The predicted octanol–water partition coefficient (Wildman–Crippen LogP) is 15.1. The lowest BCUT2D eigenvalue weighted by atomic mass is 9.98. The van der Waals surface area contributed by atoms with Crippen LogP contribution in [0.5, 0.6) is 0 Å². The molecule has 0 atom stereocenters. The van der Waals surface area contributed by atoms with Crippen LogP contribution in [0.2, 0.25) is 0 Å². The number of rotatable bonds is 6. The van der Waals surface area contributed by atoms with Gasteiger partial charge >= 0.3 is 0 Å². The van der Waals surface area contributed by atoms with E-state index in [9.17, 15) is 0 Å². The molecule has 1 aliphatic rings. The molecule has 272 valence electrons. The molecule has 0 unspecified atom stereocenters. The van der Waals surface area contributed by atoms with Crippen molar-refractivity contribution in [1.82, 2.24) is 4.57 Å². The van der Waals surface area contributed by atoms with Crippen LogP contribution in [0.1, 0.15) is 11.1 Å². The van der Waals surface area contributed by atoms with E-state index in [4.69, 9.17) is 4.42 Å². The Hall–Kier alpha value is -7.62. The fourth-order valence-corrected chi connectivity index (χ4v) is 9.22. The van der Waals surface area contributed by atoms with E-state index in [1.165, 1.54) is 60.8 Å². The monoisotopic (exact) mass is 740 g/mol. The zero-order valence-electron chi connectivity index (χ0n) is 31.6. The summed E-state index contributed by atoms with van der Waals surface area (Å²) in [4.78, 5) is 2.33. The summed E-state index contributed by atoms with van der Waals surface area (Å²) in [6.45, 7) is 0. The SMILES string of the molecule is c1ccc(-n2c3ccccc3c3ccc(-c4ccc(N(c5ccc(-c6ccc7c(c6)-c6ccccc6C7)cc5)c5ccc6c(c5)oc5ccccc56)cc4)cc32)cc1. The van der Waals surface area contributed by atoms with Crippen molar-refractivity contribution in [2.45, 2.75) is 6.42 Å². The standard InChI is InChI=1S/C55H36N2O/c1-2-11-42(12-3-1)57-52-16-8-6-14-47(52)48-30-24-39(34-53(48)57)37-22-27-44(28-23-37)56(45-29-31-50-49-15-7-9-17-54(49)58-55(50)35-45)43-25-20-36(21-26-43)38-18-19-41-32-40-10-4-5-13-46(40)51(41)33-38/h1-31,33-35H,32H2. The van der Waals surface area contributed by atoms with Gasteiger partial charge in [0.2, 0.25) is 0 Å². The Morgan fingerprint density at radius 1 is 0.362 bits per heavy atom. The molecule has 0 bridgehead atoms. The molecule has 0 spiro atoms. The summed E-state index contributed by atoms with van der Waals surface area (Å²) in [7, 11) is 0. The second kappa shape index (κ2) is 13.0. The van der Waals surface area contributed by atoms with Crippen LogP contribution >= 0.6 is 0 Å². The minimum absolute atomic E-state index is 0.873. The second-order valence-electron chi connectivity index (χ2n) is 15.3. The first-order chi connectivity index (χ1) is 28.7. The van der Waals surface area contributed by atoms with Gasteiger partial charge in [-0.1, -0.05) is 127 Å². The quantitative estimate of drug-likeness (QED) is 0.169. The van der Waals surface area contributed by atoms with Gasteiger partial charge in [-0.2, -0.15) is 0 Å². The van der Waals surface area contributed by atoms with Crippen molar-refractivity contribution in [3.63, 3.8) is 0 Å². The van der Waals surface area contributed by atoms with Gasteiger partial charge in [0.15, 0.2) is 0 Å². The molecule has 12 rings (SSSR count). The number of benzene rings is 9. The molecule has 0 N–H and O–H groups in total. The Kier molecular flexibility index (Phi) is 7.29. The Morgan fingerprint density at radius 2 is 0.931 bits per heavy atom. The minimum atomic E-state index is 0.873. The van der Waals surface area contributed by atoms with Crippen LogP contribution in [0, 0.1) is 0 Å². The summed E-state index contributed by atoms with van der Waals surface area (Å²) < 4.78 is 8.78.